The van der Waals surface area contributed by atoms with Crippen LogP contribution in [0.5, 0.6) is 0 Å². The summed E-state index contributed by atoms with van der Waals surface area (Å²) >= 11 is 0. The maximum atomic E-state index is 11.0. The van der Waals surface area contributed by atoms with Crippen molar-refractivity contribution in [2.45, 2.75) is 50.9 Å². The van der Waals surface area contributed by atoms with Gasteiger partial charge in [0.2, 0.25) is 5.95 Å². The molecule has 2 aromatic rings. The summed E-state index contributed by atoms with van der Waals surface area (Å²) in [5.41, 5.74) is 2.57. The van der Waals surface area contributed by atoms with Crippen LogP contribution in [0.25, 0.3) is 0 Å². The summed E-state index contributed by atoms with van der Waals surface area (Å²) in [7, 11) is -4.11. The van der Waals surface area contributed by atoms with Crippen LogP contribution in [-0.4, -0.2) is 52.4 Å². The number of nitrogens with zero attached hydrogens (tertiary/aromatic N) is 3. The van der Waals surface area contributed by atoms with E-state index in [1.807, 2.05) is 12.1 Å². The van der Waals surface area contributed by atoms with Gasteiger partial charge in [-0.3, -0.25) is 4.18 Å². The molecule has 2 aliphatic carbocycles. The van der Waals surface area contributed by atoms with Crippen LogP contribution >= 0.6 is 0 Å². The Morgan fingerprint density at radius 3 is 2.68 bits per heavy atom. The lowest BCUT2D eigenvalue weighted by Crippen LogP contribution is -2.31. The van der Waals surface area contributed by atoms with Crippen LogP contribution in [0.4, 0.5) is 5.95 Å². The minimum atomic E-state index is -4.11. The number of nitrogens with two attached hydrogens (primary N) is 1. The van der Waals surface area contributed by atoms with Gasteiger partial charge >= 0.3 is 10.3 Å². The van der Waals surface area contributed by atoms with Crippen LogP contribution in [0, 0.1) is 18.8 Å². The summed E-state index contributed by atoms with van der Waals surface area (Å²) in [6.07, 6.45) is 0.494. The second-order valence-corrected chi connectivity index (χ2v) is 9.50. The smallest absolute Gasteiger partial charge is 0.333 e. The van der Waals surface area contributed by atoms with Crippen LogP contribution < -0.4 is 10.5 Å². The predicted molar refractivity (Wildman–Crippen MR) is 112 cm³/mol. The van der Waals surface area contributed by atoms with E-state index in [2.05, 4.69) is 36.6 Å². The molecule has 0 aliphatic heterocycles. The Hall–Kier alpha value is -2.18. The number of anilines is 1. The predicted octanol–water partition coefficient (Wildman–Crippen LogP) is 0.400. The molecule has 0 bridgehead atoms. The number of aliphatic hydroxyl groups is 2. The van der Waals surface area contributed by atoms with E-state index in [1.54, 1.807) is 6.92 Å². The first-order valence-electron chi connectivity index (χ1n) is 10.3. The van der Waals surface area contributed by atoms with E-state index in [-0.39, 0.29) is 18.6 Å². The number of fused-ring (bicyclic) bond motifs is 1. The summed E-state index contributed by atoms with van der Waals surface area (Å²) in [5.74, 6) is 0.651. The van der Waals surface area contributed by atoms with Crippen LogP contribution in [0.2, 0.25) is 0 Å². The van der Waals surface area contributed by atoms with Gasteiger partial charge in [-0.25, -0.2) is 10.1 Å². The molecular formula is C20H27N5O5S. The van der Waals surface area contributed by atoms with E-state index in [1.165, 1.54) is 11.1 Å². The van der Waals surface area contributed by atoms with Gasteiger partial charge in [0.05, 0.1) is 24.9 Å². The Kier molecular flexibility index (Phi) is 6.22. The van der Waals surface area contributed by atoms with Gasteiger partial charge in [0, 0.05) is 12.3 Å². The fourth-order valence-electron chi connectivity index (χ4n) is 4.57. The van der Waals surface area contributed by atoms with Gasteiger partial charge in [0.25, 0.3) is 0 Å². The zero-order valence-electron chi connectivity index (χ0n) is 17.2. The van der Waals surface area contributed by atoms with Crippen molar-refractivity contribution >= 4 is 16.3 Å². The van der Waals surface area contributed by atoms with E-state index in [0.717, 1.165) is 12.8 Å². The van der Waals surface area contributed by atoms with Crippen LogP contribution in [0.3, 0.4) is 0 Å². The van der Waals surface area contributed by atoms with Crippen molar-refractivity contribution in [3.05, 3.63) is 47.0 Å². The fourth-order valence-corrected chi connectivity index (χ4v) is 4.93. The van der Waals surface area contributed by atoms with Gasteiger partial charge in [-0.2, -0.15) is 18.4 Å². The summed E-state index contributed by atoms with van der Waals surface area (Å²) in [6.45, 7) is 1.50. The maximum Gasteiger partial charge on any atom is 0.333 e. The highest BCUT2D eigenvalue weighted by Gasteiger charge is 2.42. The Bertz CT molecular complexity index is 1050. The topological polar surface area (TPSA) is 161 Å². The van der Waals surface area contributed by atoms with E-state index in [4.69, 9.17) is 5.14 Å². The van der Waals surface area contributed by atoms with E-state index >= 15 is 0 Å². The molecular weight excluding hydrogens is 422 g/mol. The molecule has 168 valence electrons. The maximum absolute atomic E-state index is 11.0. The normalized spacial score (nSPS) is 27.9. The van der Waals surface area contributed by atoms with Gasteiger partial charge in [-0.05, 0) is 43.2 Å². The first-order chi connectivity index (χ1) is 14.7. The van der Waals surface area contributed by atoms with Crippen molar-refractivity contribution in [3.8, 4) is 0 Å². The number of benzene rings is 1. The first-order valence-corrected chi connectivity index (χ1v) is 11.8. The molecule has 5 atom stereocenters. The quantitative estimate of drug-likeness (QED) is 0.469. The van der Waals surface area contributed by atoms with Gasteiger partial charge in [0.15, 0.2) is 0 Å². The second kappa shape index (κ2) is 8.75. The monoisotopic (exact) mass is 449 g/mol. The number of hydrogen-bond acceptors (Lipinski definition) is 9. The molecule has 1 aromatic carbocycles. The van der Waals surface area contributed by atoms with Crippen molar-refractivity contribution in [1.29, 1.82) is 0 Å². The number of aliphatic hydroxyl groups excluding tert-OH is 2. The molecule has 4 rings (SSSR count). The molecule has 11 heteroatoms. The van der Waals surface area contributed by atoms with Crippen LogP contribution in [-0.2, 0) is 27.3 Å². The number of aromatic nitrogens is 3. The summed E-state index contributed by atoms with van der Waals surface area (Å²) in [6, 6.07) is 8.42. The van der Waals surface area contributed by atoms with Crippen LogP contribution in [0.1, 0.15) is 41.7 Å². The molecule has 1 heterocycles. The fraction of sp³-hybridized carbons (Fsp3) is 0.550. The number of hydrogen-bond donors (Lipinski definition) is 4. The first kappa shape index (κ1) is 22.0. The molecule has 1 fully saturated rings. The molecule has 5 N–H and O–H groups in total. The van der Waals surface area contributed by atoms with Crippen molar-refractivity contribution in [2.24, 2.45) is 17.0 Å². The zero-order chi connectivity index (χ0) is 22.2. The van der Waals surface area contributed by atoms with Gasteiger partial charge in [-0.1, -0.05) is 24.3 Å². The number of nitrogens with one attached hydrogen (secondary N) is 1. The standard InChI is InChI=1S/C20H27N5O5S/c1-11-22-17(9-13-8-14(19(27)18(13)26)10-30-31(21,28)29)25-20(23-11)24-16-7-6-12-4-2-3-5-15(12)16/h2-5,13-14,16,18-19,26-27H,6-10H2,1H3,(H2,21,28,29)(H,22,23,24,25)/t13-,14+,16-,18-,19+/m0/s1. The van der Waals surface area contributed by atoms with E-state index < -0.39 is 28.4 Å². The third-order valence-electron chi connectivity index (χ3n) is 6.04. The Morgan fingerprint density at radius 2 is 1.90 bits per heavy atom. The highest BCUT2D eigenvalue weighted by Crippen LogP contribution is 2.35. The molecule has 1 saturated carbocycles. The minimum absolute atomic E-state index is 0.129. The zero-order valence-corrected chi connectivity index (χ0v) is 18.0. The molecule has 2 aliphatic rings. The van der Waals surface area contributed by atoms with Gasteiger partial charge in [0.1, 0.15) is 11.6 Å². The highest BCUT2D eigenvalue weighted by atomic mass is 32.2. The van der Waals surface area contributed by atoms with E-state index in [9.17, 15) is 18.6 Å². The lowest BCUT2D eigenvalue weighted by atomic mass is 10.0. The Balaban J connectivity index is 1.44. The Morgan fingerprint density at radius 1 is 1.16 bits per heavy atom. The highest BCUT2D eigenvalue weighted by molar-refractivity contribution is 7.84. The lowest BCUT2D eigenvalue weighted by Gasteiger charge is -2.17. The third kappa shape index (κ3) is 5.18. The average molecular weight is 450 g/mol. The summed E-state index contributed by atoms with van der Waals surface area (Å²) in [5, 5.41) is 28.9. The third-order valence-corrected chi connectivity index (χ3v) is 6.51. The second-order valence-electron chi connectivity index (χ2n) is 8.28. The van der Waals surface area contributed by atoms with Gasteiger partial charge < -0.3 is 15.5 Å². The molecule has 1 aromatic heterocycles. The SMILES string of the molecule is Cc1nc(C[C@@H]2C[C@H](COS(N)(=O)=O)[C@@H](O)[C@H]2O)nc(N[C@H]2CCc3ccccc32)n1. The van der Waals surface area contributed by atoms with Gasteiger partial charge in [-0.15, -0.1) is 0 Å². The van der Waals surface area contributed by atoms with Crippen molar-refractivity contribution < 1.29 is 22.8 Å². The average Bonchev–Trinajstić information content (AvgIpc) is 3.22. The minimum Gasteiger partial charge on any atom is -0.390 e. The van der Waals surface area contributed by atoms with Crippen molar-refractivity contribution in [3.63, 3.8) is 0 Å². The molecule has 0 spiro atoms. The summed E-state index contributed by atoms with van der Waals surface area (Å²) in [4.78, 5) is 13.3. The lowest BCUT2D eigenvalue weighted by molar-refractivity contribution is -0.00344. The van der Waals surface area contributed by atoms with Crippen molar-refractivity contribution in [1.82, 2.24) is 15.0 Å². The number of rotatable bonds is 7. The molecule has 0 amide bonds. The van der Waals surface area contributed by atoms with Crippen molar-refractivity contribution in [2.75, 3.05) is 11.9 Å². The van der Waals surface area contributed by atoms with Crippen LogP contribution in [0.15, 0.2) is 24.3 Å². The molecule has 0 radical (unpaired) electrons. The van der Waals surface area contributed by atoms with E-state index in [0.29, 0.717) is 30.4 Å². The number of aryl methyl sites for hydroxylation is 2. The largest absolute Gasteiger partial charge is 0.390 e. The molecule has 0 unspecified atom stereocenters. The molecule has 31 heavy (non-hydrogen) atoms. The molecule has 10 nitrogen and oxygen atoms in total. The molecule has 0 saturated heterocycles. The summed E-state index contributed by atoms with van der Waals surface area (Å²) < 4.78 is 26.6. The Labute approximate surface area is 181 Å².